The van der Waals surface area contributed by atoms with E-state index in [0.29, 0.717) is 18.9 Å². The van der Waals surface area contributed by atoms with Gasteiger partial charge in [-0.15, -0.1) is 0 Å². The van der Waals surface area contributed by atoms with Crippen molar-refractivity contribution in [2.75, 3.05) is 7.05 Å². The Morgan fingerprint density at radius 1 is 1.37 bits per heavy atom. The zero-order chi connectivity index (χ0) is 14.5. The standard InChI is InChI=1S/C14H27N3O2/c1-4-9-14(10-5-2,12(15)16-19)13(18)17(3)11-7-6-8-11/h11,19H,4-10H2,1-3H3,(H2,15,16). The van der Waals surface area contributed by atoms with Gasteiger partial charge in [0.05, 0.1) is 0 Å². The summed E-state index contributed by atoms with van der Waals surface area (Å²) < 4.78 is 0. The molecule has 0 saturated heterocycles. The molecule has 0 aromatic heterocycles. The average Bonchev–Trinajstić information content (AvgIpc) is 2.34. The maximum absolute atomic E-state index is 12.8. The summed E-state index contributed by atoms with van der Waals surface area (Å²) in [7, 11) is 1.84. The molecule has 5 nitrogen and oxygen atoms in total. The predicted octanol–water partition coefficient (Wildman–Crippen LogP) is 2.33. The number of hydrogen-bond acceptors (Lipinski definition) is 3. The molecule has 0 unspecified atom stereocenters. The number of carbonyl (C=O) groups is 1. The highest BCUT2D eigenvalue weighted by Gasteiger charge is 2.45. The quantitative estimate of drug-likeness (QED) is 0.322. The van der Waals surface area contributed by atoms with Crippen molar-refractivity contribution in [3.63, 3.8) is 0 Å². The van der Waals surface area contributed by atoms with E-state index in [2.05, 4.69) is 5.16 Å². The van der Waals surface area contributed by atoms with Gasteiger partial charge in [0.15, 0.2) is 5.84 Å². The molecule has 5 heteroatoms. The van der Waals surface area contributed by atoms with Gasteiger partial charge in [-0.05, 0) is 32.1 Å². The first-order chi connectivity index (χ1) is 9.03. The topological polar surface area (TPSA) is 78.9 Å². The van der Waals surface area contributed by atoms with Crippen molar-refractivity contribution >= 4 is 11.7 Å². The van der Waals surface area contributed by atoms with Gasteiger partial charge >= 0.3 is 0 Å². The summed E-state index contributed by atoms with van der Waals surface area (Å²) in [5.41, 5.74) is 5.04. The van der Waals surface area contributed by atoms with E-state index >= 15 is 0 Å². The monoisotopic (exact) mass is 269 g/mol. The molecule has 0 heterocycles. The van der Waals surface area contributed by atoms with Gasteiger partial charge in [-0.3, -0.25) is 4.79 Å². The van der Waals surface area contributed by atoms with E-state index in [0.717, 1.165) is 25.7 Å². The van der Waals surface area contributed by atoms with Crippen molar-refractivity contribution in [1.82, 2.24) is 4.90 Å². The highest BCUT2D eigenvalue weighted by Crippen LogP contribution is 2.35. The lowest BCUT2D eigenvalue weighted by Crippen LogP contribution is -2.54. The van der Waals surface area contributed by atoms with Crippen LogP contribution in [0.5, 0.6) is 0 Å². The number of hydrogen-bond donors (Lipinski definition) is 2. The fourth-order valence-corrected chi connectivity index (χ4v) is 2.93. The first kappa shape index (κ1) is 15.8. The van der Waals surface area contributed by atoms with Crippen molar-refractivity contribution in [1.29, 1.82) is 0 Å². The molecule has 0 bridgehead atoms. The molecule has 0 atom stereocenters. The first-order valence-corrected chi connectivity index (χ1v) is 7.28. The second-order valence-electron chi connectivity index (χ2n) is 5.57. The normalized spacial score (nSPS) is 17.1. The van der Waals surface area contributed by atoms with Crippen molar-refractivity contribution < 1.29 is 10.0 Å². The van der Waals surface area contributed by atoms with E-state index in [9.17, 15) is 4.79 Å². The number of carbonyl (C=O) groups excluding carboxylic acids is 1. The molecule has 0 aliphatic heterocycles. The molecular formula is C14H27N3O2. The molecule has 3 N–H and O–H groups in total. The van der Waals surface area contributed by atoms with Crippen LogP contribution in [0.25, 0.3) is 0 Å². The van der Waals surface area contributed by atoms with Crippen LogP contribution < -0.4 is 5.73 Å². The van der Waals surface area contributed by atoms with E-state index in [4.69, 9.17) is 10.9 Å². The molecule has 1 aliphatic rings. The fraction of sp³-hybridized carbons (Fsp3) is 0.857. The third-order valence-electron chi connectivity index (χ3n) is 4.30. The second-order valence-corrected chi connectivity index (χ2v) is 5.57. The number of amides is 1. The Kier molecular flexibility index (Phi) is 5.63. The van der Waals surface area contributed by atoms with Crippen LogP contribution >= 0.6 is 0 Å². The van der Waals surface area contributed by atoms with Crippen LogP contribution in [0.4, 0.5) is 0 Å². The van der Waals surface area contributed by atoms with Gasteiger partial charge in [0, 0.05) is 13.1 Å². The second kappa shape index (κ2) is 6.78. The Bertz CT molecular complexity index is 332. The maximum Gasteiger partial charge on any atom is 0.236 e. The largest absolute Gasteiger partial charge is 0.409 e. The third kappa shape index (κ3) is 3.01. The summed E-state index contributed by atoms with van der Waals surface area (Å²) >= 11 is 0. The van der Waals surface area contributed by atoms with Crippen LogP contribution in [0, 0.1) is 5.41 Å². The summed E-state index contributed by atoms with van der Waals surface area (Å²) in [6, 6.07) is 0.326. The summed E-state index contributed by atoms with van der Waals surface area (Å²) in [5, 5.41) is 12.2. The van der Waals surface area contributed by atoms with Crippen molar-refractivity contribution in [3.8, 4) is 0 Å². The van der Waals surface area contributed by atoms with Gasteiger partial charge in [-0.2, -0.15) is 0 Å². The number of rotatable bonds is 7. The lowest BCUT2D eigenvalue weighted by molar-refractivity contribution is -0.141. The number of oxime groups is 1. The van der Waals surface area contributed by atoms with E-state index in [-0.39, 0.29) is 11.7 Å². The van der Waals surface area contributed by atoms with Gasteiger partial charge in [0.2, 0.25) is 5.91 Å². The number of nitrogens with zero attached hydrogens (tertiary/aromatic N) is 2. The summed E-state index contributed by atoms with van der Waals surface area (Å²) in [5.74, 6) is 0.0728. The SMILES string of the molecule is CCCC(CCC)(C(=O)N(C)C1CCC1)C(N)=NO. The van der Waals surface area contributed by atoms with Gasteiger partial charge in [0.25, 0.3) is 0 Å². The van der Waals surface area contributed by atoms with Gasteiger partial charge in [-0.25, -0.2) is 0 Å². The van der Waals surface area contributed by atoms with Crippen LogP contribution in [0.1, 0.15) is 58.8 Å². The Hall–Kier alpha value is -1.26. The molecule has 0 aromatic carbocycles. The third-order valence-corrected chi connectivity index (χ3v) is 4.30. The van der Waals surface area contributed by atoms with Crippen LogP contribution in [0.3, 0.4) is 0 Å². The summed E-state index contributed by atoms with van der Waals surface area (Å²) in [4.78, 5) is 14.6. The lowest BCUT2D eigenvalue weighted by Gasteiger charge is -2.41. The average molecular weight is 269 g/mol. The van der Waals surface area contributed by atoms with E-state index in [1.807, 2.05) is 25.8 Å². The molecule has 1 fully saturated rings. The molecular weight excluding hydrogens is 242 g/mol. The molecule has 19 heavy (non-hydrogen) atoms. The van der Waals surface area contributed by atoms with Gasteiger partial charge < -0.3 is 15.8 Å². The van der Waals surface area contributed by atoms with Crippen LogP contribution in [-0.2, 0) is 4.79 Å². The first-order valence-electron chi connectivity index (χ1n) is 7.28. The molecule has 110 valence electrons. The van der Waals surface area contributed by atoms with Crippen LogP contribution in [-0.4, -0.2) is 34.9 Å². The molecule has 0 radical (unpaired) electrons. The summed E-state index contributed by atoms with van der Waals surface area (Å²) in [6.07, 6.45) is 6.24. The Labute approximate surface area is 115 Å². The van der Waals surface area contributed by atoms with Gasteiger partial charge in [0.1, 0.15) is 5.41 Å². The molecule has 0 aromatic rings. The Morgan fingerprint density at radius 3 is 2.21 bits per heavy atom. The van der Waals surface area contributed by atoms with Crippen molar-refractivity contribution in [2.24, 2.45) is 16.3 Å². The van der Waals surface area contributed by atoms with Crippen molar-refractivity contribution in [2.45, 2.75) is 64.8 Å². The van der Waals surface area contributed by atoms with E-state index in [1.54, 1.807) is 0 Å². The molecule has 1 aliphatic carbocycles. The predicted molar refractivity (Wildman–Crippen MR) is 76.1 cm³/mol. The number of nitrogens with two attached hydrogens (primary N) is 1. The summed E-state index contributed by atoms with van der Waals surface area (Å²) in [6.45, 7) is 4.04. The molecule has 1 rings (SSSR count). The smallest absolute Gasteiger partial charge is 0.236 e. The Balaban J connectivity index is 3.01. The molecule has 0 spiro atoms. The maximum atomic E-state index is 12.8. The van der Waals surface area contributed by atoms with Crippen molar-refractivity contribution in [3.05, 3.63) is 0 Å². The minimum absolute atomic E-state index is 0.0104. The Morgan fingerprint density at radius 2 is 1.89 bits per heavy atom. The van der Waals surface area contributed by atoms with E-state index in [1.165, 1.54) is 6.42 Å². The molecule has 1 amide bonds. The van der Waals surface area contributed by atoms with Gasteiger partial charge in [-0.1, -0.05) is 31.8 Å². The van der Waals surface area contributed by atoms with E-state index < -0.39 is 5.41 Å². The minimum Gasteiger partial charge on any atom is -0.409 e. The van der Waals surface area contributed by atoms with Crippen LogP contribution in [0.15, 0.2) is 5.16 Å². The highest BCUT2D eigenvalue weighted by atomic mass is 16.4. The lowest BCUT2D eigenvalue weighted by atomic mass is 9.75. The zero-order valence-corrected chi connectivity index (χ0v) is 12.4. The molecule has 1 saturated carbocycles. The number of amidine groups is 1. The highest BCUT2D eigenvalue weighted by molar-refractivity contribution is 6.06. The fourth-order valence-electron chi connectivity index (χ4n) is 2.93. The van der Waals surface area contributed by atoms with Crippen LogP contribution in [0.2, 0.25) is 0 Å². The zero-order valence-electron chi connectivity index (χ0n) is 12.4. The minimum atomic E-state index is -0.831.